The summed E-state index contributed by atoms with van der Waals surface area (Å²) >= 11 is 5.98. The van der Waals surface area contributed by atoms with Crippen LogP contribution in [0.1, 0.15) is 27.0 Å². The maximum Gasteiger partial charge on any atom is 0.271 e. The lowest BCUT2D eigenvalue weighted by Crippen LogP contribution is -2.17. The van der Waals surface area contributed by atoms with Crippen molar-refractivity contribution in [2.24, 2.45) is 5.10 Å². The minimum Gasteiger partial charge on any atom is -0.497 e. The van der Waals surface area contributed by atoms with E-state index in [0.717, 1.165) is 40.7 Å². The first-order chi connectivity index (χ1) is 14.1. The van der Waals surface area contributed by atoms with Gasteiger partial charge in [0.15, 0.2) is 0 Å². The number of nitrogens with one attached hydrogen (secondary N) is 1. The van der Waals surface area contributed by atoms with Gasteiger partial charge in [0.25, 0.3) is 5.91 Å². The van der Waals surface area contributed by atoms with E-state index >= 15 is 0 Å². The highest BCUT2D eigenvalue weighted by Crippen LogP contribution is 2.29. The Labute approximate surface area is 174 Å². The topological polar surface area (TPSA) is 53.9 Å². The van der Waals surface area contributed by atoms with E-state index in [0.29, 0.717) is 5.56 Å². The van der Waals surface area contributed by atoms with E-state index in [-0.39, 0.29) is 5.91 Å². The van der Waals surface area contributed by atoms with Crippen LogP contribution in [0.15, 0.2) is 71.8 Å². The quantitative estimate of drug-likeness (QED) is 0.497. The lowest BCUT2D eigenvalue weighted by Gasteiger charge is -2.17. The maximum atomic E-state index is 12.5. The van der Waals surface area contributed by atoms with Gasteiger partial charge in [0.2, 0.25) is 0 Å². The smallest absolute Gasteiger partial charge is 0.271 e. The fourth-order valence-corrected chi connectivity index (χ4v) is 3.45. The third kappa shape index (κ3) is 4.41. The van der Waals surface area contributed by atoms with Crippen molar-refractivity contribution in [1.82, 2.24) is 5.43 Å². The molecule has 1 heterocycles. The second-order valence-electron chi connectivity index (χ2n) is 6.79. The molecule has 0 spiro atoms. The van der Waals surface area contributed by atoms with Gasteiger partial charge in [-0.15, -0.1) is 0 Å². The van der Waals surface area contributed by atoms with Crippen molar-refractivity contribution < 1.29 is 9.53 Å². The van der Waals surface area contributed by atoms with Gasteiger partial charge in [-0.05, 0) is 65.2 Å². The highest BCUT2D eigenvalue weighted by atomic mass is 35.5. The number of amides is 1. The van der Waals surface area contributed by atoms with Gasteiger partial charge in [-0.25, -0.2) is 5.43 Å². The average molecular weight is 406 g/mol. The van der Waals surface area contributed by atoms with Gasteiger partial charge < -0.3 is 9.64 Å². The average Bonchev–Trinajstić information content (AvgIpc) is 3.17. The summed E-state index contributed by atoms with van der Waals surface area (Å²) < 4.78 is 5.18. The zero-order valence-electron chi connectivity index (χ0n) is 15.9. The highest BCUT2D eigenvalue weighted by molar-refractivity contribution is 6.30. The lowest BCUT2D eigenvalue weighted by atomic mass is 10.1. The number of methoxy groups -OCH3 is 1. The number of ether oxygens (including phenoxy) is 1. The molecule has 1 amide bonds. The Kier molecular flexibility index (Phi) is 5.49. The Balaban J connectivity index is 1.42. The lowest BCUT2D eigenvalue weighted by molar-refractivity contribution is 0.0955. The predicted molar refractivity (Wildman–Crippen MR) is 116 cm³/mol. The number of hydrazone groups is 1. The van der Waals surface area contributed by atoms with Crippen molar-refractivity contribution >= 4 is 29.4 Å². The predicted octanol–water partition coefficient (Wildman–Crippen LogP) is 4.63. The van der Waals surface area contributed by atoms with Crippen molar-refractivity contribution in [3.8, 4) is 5.75 Å². The summed E-state index contributed by atoms with van der Waals surface area (Å²) in [5.74, 6) is 0.501. The Hall–Kier alpha value is -3.31. The number of carbonyl (C=O) groups is 1. The second-order valence-corrected chi connectivity index (χ2v) is 7.23. The van der Waals surface area contributed by atoms with E-state index in [1.807, 2.05) is 66.7 Å². The summed E-state index contributed by atoms with van der Waals surface area (Å²) in [6, 6.07) is 21.0. The Morgan fingerprint density at radius 1 is 1.07 bits per heavy atom. The van der Waals surface area contributed by atoms with Crippen LogP contribution >= 0.6 is 11.6 Å². The first-order valence-electron chi connectivity index (χ1n) is 9.22. The number of hydrogen-bond acceptors (Lipinski definition) is 4. The van der Waals surface area contributed by atoms with E-state index in [2.05, 4.69) is 15.4 Å². The normalized spacial score (nSPS) is 12.8. The largest absolute Gasteiger partial charge is 0.497 e. The zero-order chi connectivity index (χ0) is 20.2. The second kappa shape index (κ2) is 8.37. The van der Waals surface area contributed by atoms with Crippen LogP contribution in [-0.4, -0.2) is 19.2 Å². The third-order valence-electron chi connectivity index (χ3n) is 4.86. The van der Waals surface area contributed by atoms with Gasteiger partial charge >= 0.3 is 0 Å². The summed E-state index contributed by atoms with van der Waals surface area (Å²) in [7, 11) is 1.61. The number of hydrogen-bond donors (Lipinski definition) is 1. The van der Waals surface area contributed by atoms with Crippen LogP contribution in [0.2, 0.25) is 5.02 Å². The minimum atomic E-state index is -0.239. The molecule has 0 saturated heterocycles. The Morgan fingerprint density at radius 2 is 1.86 bits per heavy atom. The van der Waals surface area contributed by atoms with Gasteiger partial charge in [0, 0.05) is 29.4 Å². The van der Waals surface area contributed by atoms with Crippen molar-refractivity contribution in [3.05, 3.63) is 94.0 Å². The number of anilines is 1. The number of benzene rings is 3. The highest BCUT2D eigenvalue weighted by Gasteiger charge is 2.20. The summed E-state index contributed by atoms with van der Waals surface area (Å²) in [6.07, 6.45) is 1.59. The van der Waals surface area contributed by atoms with Crippen LogP contribution in [0.3, 0.4) is 0 Å². The molecule has 0 saturated carbocycles. The summed E-state index contributed by atoms with van der Waals surface area (Å²) in [5, 5.41) is 4.78. The molecular weight excluding hydrogens is 386 g/mol. The first kappa shape index (κ1) is 19.0. The SMILES string of the molecule is COc1cccc(/C=N/NC(=O)c2ccc3c(c2)CN(c2ccc(Cl)cc2)C3)c1. The number of halogens is 1. The van der Waals surface area contributed by atoms with Crippen LogP contribution in [0.4, 0.5) is 5.69 Å². The van der Waals surface area contributed by atoms with Crippen LogP contribution in [0.5, 0.6) is 5.75 Å². The first-order valence-corrected chi connectivity index (χ1v) is 9.60. The molecule has 0 fully saturated rings. The van der Waals surface area contributed by atoms with Crippen LogP contribution < -0.4 is 15.1 Å². The minimum absolute atomic E-state index is 0.239. The van der Waals surface area contributed by atoms with Crippen LogP contribution in [0.25, 0.3) is 0 Å². The molecule has 29 heavy (non-hydrogen) atoms. The molecule has 0 radical (unpaired) electrons. The number of fused-ring (bicyclic) bond motifs is 1. The standard InChI is InChI=1S/C23H20ClN3O2/c1-29-22-4-2-3-16(11-22)13-25-26-23(28)17-5-6-18-14-27(15-19(18)12-17)21-9-7-20(24)8-10-21/h2-13H,14-15H2,1H3,(H,26,28)/b25-13+. The van der Waals surface area contributed by atoms with E-state index in [1.165, 1.54) is 5.56 Å². The number of rotatable bonds is 5. The van der Waals surface area contributed by atoms with Crippen molar-refractivity contribution in [2.75, 3.05) is 12.0 Å². The van der Waals surface area contributed by atoms with Crippen molar-refractivity contribution in [2.45, 2.75) is 13.1 Å². The molecule has 0 unspecified atom stereocenters. The Morgan fingerprint density at radius 3 is 2.66 bits per heavy atom. The molecule has 1 aliphatic heterocycles. The van der Waals surface area contributed by atoms with Crippen LogP contribution in [0, 0.1) is 0 Å². The molecule has 3 aromatic rings. The molecule has 6 heteroatoms. The molecule has 4 rings (SSSR count). The fraction of sp³-hybridized carbons (Fsp3) is 0.130. The summed E-state index contributed by atoms with van der Waals surface area (Å²) in [6.45, 7) is 1.57. The third-order valence-corrected chi connectivity index (χ3v) is 5.11. The van der Waals surface area contributed by atoms with E-state index < -0.39 is 0 Å². The number of nitrogens with zero attached hydrogens (tertiary/aromatic N) is 2. The molecular formula is C23H20ClN3O2. The monoisotopic (exact) mass is 405 g/mol. The van der Waals surface area contributed by atoms with Crippen molar-refractivity contribution in [3.63, 3.8) is 0 Å². The summed E-state index contributed by atoms with van der Waals surface area (Å²) in [4.78, 5) is 14.7. The molecule has 146 valence electrons. The van der Waals surface area contributed by atoms with E-state index in [9.17, 15) is 4.79 Å². The number of carbonyl (C=O) groups excluding carboxylic acids is 1. The van der Waals surface area contributed by atoms with E-state index in [4.69, 9.17) is 16.3 Å². The molecule has 3 aromatic carbocycles. The fourth-order valence-electron chi connectivity index (χ4n) is 3.32. The molecule has 0 atom stereocenters. The van der Waals surface area contributed by atoms with Gasteiger partial charge in [-0.2, -0.15) is 5.10 Å². The molecule has 0 aromatic heterocycles. The summed E-state index contributed by atoms with van der Waals surface area (Å²) in [5.41, 5.74) is 7.49. The molecule has 0 aliphatic carbocycles. The molecule has 5 nitrogen and oxygen atoms in total. The zero-order valence-corrected chi connectivity index (χ0v) is 16.7. The van der Waals surface area contributed by atoms with Crippen molar-refractivity contribution in [1.29, 1.82) is 0 Å². The molecule has 1 aliphatic rings. The van der Waals surface area contributed by atoms with Crippen LogP contribution in [-0.2, 0) is 13.1 Å². The van der Waals surface area contributed by atoms with E-state index in [1.54, 1.807) is 13.3 Å². The molecule has 1 N–H and O–H groups in total. The van der Waals surface area contributed by atoms with Gasteiger partial charge in [-0.1, -0.05) is 29.8 Å². The van der Waals surface area contributed by atoms with Gasteiger partial charge in [0.05, 0.1) is 13.3 Å². The Bertz CT molecular complexity index is 1060. The maximum absolute atomic E-state index is 12.5. The van der Waals surface area contributed by atoms with Gasteiger partial charge in [-0.3, -0.25) is 4.79 Å². The van der Waals surface area contributed by atoms with Gasteiger partial charge in [0.1, 0.15) is 5.75 Å². The molecule has 0 bridgehead atoms.